The number of aliphatic hydroxyl groups excluding tert-OH is 1. The van der Waals surface area contributed by atoms with E-state index in [2.05, 4.69) is 15.9 Å². The van der Waals surface area contributed by atoms with Crippen LogP contribution in [0.1, 0.15) is 18.0 Å². The lowest BCUT2D eigenvalue weighted by Gasteiger charge is -2.12. The minimum Gasteiger partial charge on any atom is -0.507 e. The van der Waals surface area contributed by atoms with Gasteiger partial charge in [-0.3, -0.25) is 0 Å². The highest BCUT2D eigenvalue weighted by atomic mass is 79.9. The van der Waals surface area contributed by atoms with Crippen molar-refractivity contribution in [1.29, 1.82) is 0 Å². The highest BCUT2D eigenvalue weighted by molar-refractivity contribution is 9.10. The Hall–Kier alpha value is -0.650. The van der Waals surface area contributed by atoms with Gasteiger partial charge in [-0.05, 0) is 28.4 Å². The molecule has 4 N–H and O–H groups in total. The monoisotopic (exact) mass is 263 g/mol. The van der Waals surface area contributed by atoms with Gasteiger partial charge in [0.2, 0.25) is 0 Å². The van der Waals surface area contributed by atoms with Crippen molar-refractivity contribution in [2.24, 2.45) is 5.73 Å². The zero-order chi connectivity index (χ0) is 10.7. The molecule has 1 unspecified atom stereocenters. The summed E-state index contributed by atoms with van der Waals surface area (Å²) in [5.41, 5.74) is 5.90. The van der Waals surface area contributed by atoms with Crippen molar-refractivity contribution in [3.63, 3.8) is 0 Å². The highest BCUT2D eigenvalue weighted by Gasteiger charge is 2.15. The first-order chi connectivity index (χ1) is 6.57. The van der Waals surface area contributed by atoms with Crippen LogP contribution in [0.5, 0.6) is 5.75 Å². The van der Waals surface area contributed by atoms with E-state index in [1.54, 1.807) is 0 Å². The Kier molecular flexibility index (Phi) is 3.86. The number of benzene rings is 1. The molecule has 0 heterocycles. The normalized spacial score (nSPS) is 12.9. The van der Waals surface area contributed by atoms with E-state index in [9.17, 15) is 4.39 Å². The Morgan fingerprint density at radius 2 is 2.14 bits per heavy atom. The zero-order valence-corrected chi connectivity index (χ0v) is 8.96. The summed E-state index contributed by atoms with van der Waals surface area (Å²) in [6, 6.07) is 2.21. The van der Waals surface area contributed by atoms with Crippen LogP contribution in [0, 0.1) is 5.82 Å². The van der Waals surface area contributed by atoms with Gasteiger partial charge >= 0.3 is 0 Å². The zero-order valence-electron chi connectivity index (χ0n) is 7.37. The van der Waals surface area contributed by atoms with Gasteiger partial charge in [0.1, 0.15) is 11.6 Å². The molecular weight excluding hydrogens is 253 g/mol. The first-order valence-electron chi connectivity index (χ1n) is 4.11. The number of nitrogens with two attached hydrogens (primary N) is 1. The van der Waals surface area contributed by atoms with Crippen LogP contribution in [-0.4, -0.2) is 16.8 Å². The van der Waals surface area contributed by atoms with Crippen molar-refractivity contribution < 1.29 is 14.6 Å². The van der Waals surface area contributed by atoms with E-state index in [0.717, 1.165) is 0 Å². The summed E-state index contributed by atoms with van der Waals surface area (Å²) in [7, 11) is 0. The highest BCUT2D eigenvalue weighted by Crippen LogP contribution is 2.31. The van der Waals surface area contributed by atoms with Gasteiger partial charge in [0.15, 0.2) is 0 Å². The van der Waals surface area contributed by atoms with E-state index in [1.807, 2.05) is 0 Å². The molecule has 1 aromatic rings. The maximum atomic E-state index is 13.5. The number of phenols is 1. The second-order valence-electron chi connectivity index (χ2n) is 2.92. The molecule has 0 radical (unpaired) electrons. The lowest BCUT2D eigenvalue weighted by molar-refractivity contribution is 0.275. The van der Waals surface area contributed by atoms with Crippen LogP contribution in [0.15, 0.2) is 16.6 Å². The van der Waals surface area contributed by atoms with Crippen molar-refractivity contribution in [1.82, 2.24) is 0 Å². The molecule has 1 rings (SSSR count). The summed E-state index contributed by atoms with van der Waals surface area (Å²) < 4.78 is 13.5. The molecule has 3 nitrogen and oxygen atoms in total. The Balaban J connectivity index is 3.04. The van der Waals surface area contributed by atoms with E-state index >= 15 is 0 Å². The maximum Gasteiger partial charge on any atom is 0.145 e. The van der Waals surface area contributed by atoms with Gasteiger partial charge in [-0.25, -0.2) is 4.39 Å². The molecule has 0 aromatic heterocycles. The number of phenolic OH excluding ortho intramolecular Hbond substituents is 1. The SMILES string of the molecule is NC(CCO)c1ccc(O)c(Br)c1F. The minimum atomic E-state index is -0.578. The van der Waals surface area contributed by atoms with Gasteiger partial charge in [-0.2, -0.15) is 0 Å². The summed E-state index contributed by atoms with van der Waals surface area (Å²) in [5, 5.41) is 17.8. The second-order valence-corrected chi connectivity index (χ2v) is 3.71. The van der Waals surface area contributed by atoms with Crippen molar-refractivity contribution in [3.05, 3.63) is 28.0 Å². The first-order valence-corrected chi connectivity index (χ1v) is 4.90. The largest absolute Gasteiger partial charge is 0.507 e. The van der Waals surface area contributed by atoms with Crippen LogP contribution in [0.25, 0.3) is 0 Å². The number of hydrogen-bond donors (Lipinski definition) is 3. The summed E-state index contributed by atoms with van der Waals surface area (Å²) >= 11 is 2.91. The molecular formula is C9H11BrFNO2. The lowest BCUT2D eigenvalue weighted by Crippen LogP contribution is -2.13. The van der Waals surface area contributed by atoms with Gasteiger partial charge in [-0.15, -0.1) is 0 Å². The van der Waals surface area contributed by atoms with Crippen molar-refractivity contribution in [3.8, 4) is 5.75 Å². The van der Waals surface area contributed by atoms with Gasteiger partial charge < -0.3 is 15.9 Å². The molecule has 78 valence electrons. The van der Waals surface area contributed by atoms with Crippen LogP contribution in [0.3, 0.4) is 0 Å². The number of hydrogen-bond acceptors (Lipinski definition) is 3. The molecule has 0 bridgehead atoms. The summed E-state index contributed by atoms with van der Waals surface area (Å²) in [6.45, 7) is -0.0981. The van der Waals surface area contributed by atoms with E-state index < -0.39 is 11.9 Å². The van der Waals surface area contributed by atoms with E-state index in [1.165, 1.54) is 12.1 Å². The smallest absolute Gasteiger partial charge is 0.145 e. The molecule has 0 fully saturated rings. The van der Waals surface area contributed by atoms with Crippen molar-refractivity contribution in [2.75, 3.05) is 6.61 Å². The van der Waals surface area contributed by atoms with Gasteiger partial charge in [-0.1, -0.05) is 6.07 Å². The number of rotatable bonds is 3. The van der Waals surface area contributed by atoms with E-state index in [4.69, 9.17) is 15.9 Å². The van der Waals surface area contributed by atoms with E-state index in [0.29, 0.717) is 0 Å². The minimum absolute atomic E-state index is 0.00314. The lowest BCUT2D eigenvalue weighted by atomic mass is 10.0. The molecule has 5 heteroatoms. The molecule has 0 aliphatic rings. The fourth-order valence-corrected chi connectivity index (χ4v) is 1.50. The number of halogens is 2. The predicted molar refractivity (Wildman–Crippen MR) is 54.4 cm³/mol. The average Bonchev–Trinajstić information content (AvgIpc) is 2.15. The Labute approximate surface area is 89.5 Å². The first kappa shape index (κ1) is 11.4. The summed E-state index contributed by atoms with van der Waals surface area (Å²) in [5.74, 6) is -0.742. The van der Waals surface area contributed by atoms with E-state index in [-0.39, 0.29) is 28.8 Å². The molecule has 1 atom stereocenters. The molecule has 14 heavy (non-hydrogen) atoms. The van der Waals surface area contributed by atoms with Crippen molar-refractivity contribution in [2.45, 2.75) is 12.5 Å². The molecule has 0 saturated heterocycles. The predicted octanol–water partition coefficient (Wildman–Crippen LogP) is 1.68. The Morgan fingerprint density at radius 3 is 2.71 bits per heavy atom. The third-order valence-corrected chi connectivity index (χ3v) is 2.69. The third-order valence-electron chi connectivity index (χ3n) is 1.93. The van der Waals surface area contributed by atoms with Gasteiger partial charge in [0, 0.05) is 18.2 Å². The summed E-state index contributed by atoms with van der Waals surface area (Å²) in [6.07, 6.45) is 0.286. The standard InChI is InChI=1S/C9H11BrFNO2/c10-8-7(14)2-1-5(9(8)11)6(12)3-4-13/h1-2,6,13-14H,3-4,12H2. The van der Waals surface area contributed by atoms with Crippen LogP contribution in [-0.2, 0) is 0 Å². The quantitative estimate of drug-likeness (QED) is 0.778. The number of aliphatic hydroxyl groups is 1. The Morgan fingerprint density at radius 1 is 1.50 bits per heavy atom. The molecule has 1 aromatic carbocycles. The van der Waals surface area contributed by atoms with Gasteiger partial charge in [0.25, 0.3) is 0 Å². The van der Waals surface area contributed by atoms with Crippen molar-refractivity contribution >= 4 is 15.9 Å². The molecule has 0 saturated carbocycles. The van der Waals surface area contributed by atoms with Crippen LogP contribution < -0.4 is 5.73 Å². The topological polar surface area (TPSA) is 66.5 Å². The second kappa shape index (κ2) is 4.72. The van der Waals surface area contributed by atoms with Gasteiger partial charge in [0.05, 0.1) is 4.47 Å². The fraction of sp³-hybridized carbons (Fsp3) is 0.333. The molecule has 0 aliphatic carbocycles. The Bertz CT molecular complexity index is 333. The average molecular weight is 264 g/mol. The van der Waals surface area contributed by atoms with Crippen LogP contribution in [0.4, 0.5) is 4.39 Å². The third kappa shape index (κ3) is 2.23. The van der Waals surface area contributed by atoms with Crippen LogP contribution in [0.2, 0.25) is 0 Å². The fourth-order valence-electron chi connectivity index (χ4n) is 1.14. The molecule has 0 amide bonds. The maximum absolute atomic E-state index is 13.5. The molecule has 0 spiro atoms. The number of aromatic hydroxyl groups is 1. The van der Waals surface area contributed by atoms with Crippen LogP contribution >= 0.6 is 15.9 Å². The molecule has 0 aliphatic heterocycles. The summed E-state index contributed by atoms with van der Waals surface area (Å²) in [4.78, 5) is 0.